The summed E-state index contributed by atoms with van der Waals surface area (Å²) in [6.07, 6.45) is 8.51. The van der Waals surface area contributed by atoms with E-state index in [1.54, 1.807) is 0 Å². The number of carbonyl (C=O) groups is 1. The van der Waals surface area contributed by atoms with E-state index in [-0.39, 0.29) is 6.04 Å². The van der Waals surface area contributed by atoms with Crippen molar-refractivity contribution in [2.75, 3.05) is 17.2 Å². The van der Waals surface area contributed by atoms with E-state index < -0.39 is 5.91 Å². The Labute approximate surface area is 149 Å². The van der Waals surface area contributed by atoms with Crippen molar-refractivity contribution >= 4 is 17.7 Å². The number of nitrogens with two attached hydrogens (primary N) is 1. The Kier molecular flexibility index (Phi) is 5.73. The van der Waals surface area contributed by atoms with Crippen molar-refractivity contribution in [3.05, 3.63) is 11.8 Å². The molecule has 1 aromatic heterocycles. The van der Waals surface area contributed by atoms with Gasteiger partial charge in [0.05, 0.1) is 11.7 Å². The lowest BCUT2D eigenvalue weighted by Crippen LogP contribution is -2.31. The fraction of sp³-hybridized carbons (Fsp3) is 0.722. The minimum Gasteiger partial charge on any atom is -0.379 e. The van der Waals surface area contributed by atoms with Gasteiger partial charge in [-0.25, -0.2) is 4.98 Å². The Bertz CT molecular complexity index is 597. The van der Waals surface area contributed by atoms with Crippen LogP contribution in [0, 0.1) is 5.92 Å². The summed E-state index contributed by atoms with van der Waals surface area (Å²) in [5.74, 6) is 1.23. The monoisotopic (exact) mass is 347 g/mol. The number of carbonyl (C=O) groups excluding carboxylic acids is 1. The zero-order valence-corrected chi connectivity index (χ0v) is 15.1. The average molecular weight is 347 g/mol. The first kappa shape index (κ1) is 17.9. The van der Waals surface area contributed by atoms with Crippen LogP contribution in [0.25, 0.3) is 0 Å². The molecule has 0 aliphatic heterocycles. The predicted octanol–water partition coefficient (Wildman–Crippen LogP) is 2.55. The Hall–Kier alpha value is -1.89. The lowest BCUT2D eigenvalue weighted by molar-refractivity contribution is 0.0346. The lowest BCUT2D eigenvalue weighted by atomic mass is 9.93. The topological polar surface area (TPSA) is 102 Å². The molecule has 2 aliphatic rings. The fourth-order valence-electron chi connectivity index (χ4n) is 3.46. The van der Waals surface area contributed by atoms with E-state index in [0.29, 0.717) is 35.4 Å². The van der Waals surface area contributed by atoms with Crippen molar-refractivity contribution in [2.24, 2.45) is 11.7 Å². The number of nitrogens with one attached hydrogen (secondary N) is 2. The van der Waals surface area contributed by atoms with Crippen LogP contribution in [-0.2, 0) is 4.74 Å². The van der Waals surface area contributed by atoms with Crippen molar-refractivity contribution in [1.82, 2.24) is 9.97 Å². The first-order valence-electron chi connectivity index (χ1n) is 9.38. The van der Waals surface area contributed by atoms with E-state index in [4.69, 9.17) is 10.5 Å². The molecule has 3 rings (SSSR count). The van der Waals surface area contributed by atoms with Gasteiger partial charge < -0.3 is 21.1 Å². The van der Waals surface area contributed by atoms with Gasteiger partial charge >= 0.3 is 0 Å². The molecular formula is C18H29N5O2. The van der Waals surface area contributed by atoms with Gasteiger partial charge in [0.1, 0.15) is 5.82 Å². The highest BCUT2D eigenvalue weighted by atomic mass is 16.5. The summed E-state index contributed by atoms with van der Waals surface area (Å²) >= 11 is 0. The SMILES string of the molecule is CCOC1CCC(Nc2ncc(C(N)=O)c(N[C@H](C)C3CC3)n2)CC1. The second kappa shape index (κ2) is 7.99. The molecule has 0 spiro atoms. The van der Waals surface area contributed by atoms with E-state index >= 15 is 0 Å². The van der Waals surface area contributed by atoms with Crippen LogP contribution in [0.1, 0.15) is 62.7 Å². The minimum atomic E-state index is -0.505. The molecule has 0 saturated heterocycles. The lowest BCUT2D eigenvalue weighted by Gasteiger charge is -2.29. The van der Waals surface area contributed by atoms with Gasteiger partial charge in [0.2, 0.25) is 5.95 Å². The van der Waals surface area contributed by atoms with Crippen LogP contribution in [-0.4, -0.2) is 40.7 Å². The number of primary amides is 1. The van der Waals surface area contributed by atoms with E-state index in [0.717, 1.165) is 32.3 Å². The summed E-state index contributed by atoms with van der Waals surface area (Å²) in [4.78, 5) is 20.5. The third-order valence-corrected chi connectivity index (χ3v) is 5.16. The molecule has 2 fully saturated rings. The molecule has 0 bridgehead atoms. The molecule has 1 aromatic rings. The second-order valence-corrected chi connectivity index (χ2v) is 7.16. The quantitative estimate of drug-likeness (QED) is 0.668. The van der Waals surface area contributed by atoms with Crippen molar-refractivity contribution in [1.29, 1.82) is 0 Å². The maximum atomic E-state index is 11.7. The number of anilines is 2. The number of nitrogens with zero attached hydrogens (tertiary/aromatic N) is 2. The summed E-state index contributed by atoms with van der Waals surface area (Å²) in [5, 5.41) is 6.74. The molecule has 2 saturated carbocycles. The van der Waals surface area contributed by atoms with Crippen LogP contribution < -0.4 is 16.4 Å². The van der Waals surface area contributed by atoms with Crippen LogP contribution >= 0.6 is 0 Å². The maximum Gasteiger partial charge on any atom is 0.254 e. The molecule has 1 heterocycles. The summed E-state index contributed by atoms with van der Waals surface area (Å²) in [5.41, 5.74) is 5.81. The van der Waals surface area contributed by atoms with Crippen LogP contribution in [0.3, 0.4) is 0 Å². The normalized spacial score (nSPS) is 24.6. The zero-order valence-electron chi connectivity index (χ0n) is 15.1. The summed E-state index contributed by atoms with van der Waals surface area (Å²) in [6.45, 7) is 4.93. The van der Waals surface area contributed by atoms with E-state index in [2.05, 4.69) is 27.5 Å². The second-order valence-electron chi connectivity index (χ2n) is 7.16. The Morgan fingerprint density at radius 1 is 1.32 bits per heavy atom. The van der Waals surface area contributed by atoms with Crippen molar-refractivity contribution in [3.63, 3.8) is 0 Å². The minimum absolute atomic E-state index is 0.280. The molecule has 0 radical (unpaired) electrons. The number of aromatic nitrogens is 2. The molecular weight excluding hydrogens is 318 g/mol. The van der Waals surface area contributed by atoms with Gasteiger partial charge in [-0.15, -0.1) is 0 Å². The Balaban J connectivity index is 1.64. The van der Waals surface area contributed by atoms with Crippen molar-refractivity contribution in [2.45, 2.75) is 70.6 Å². The van der Waals surface area contributed by atoms with Gasteiger partial charge in [-0.2, -0.15) is 4.98 Å². The molecule has 25 heavy (non-hydrogen) atoms. The average Bonchev–Trinajstić information content (AvgIpc) is 3.42. The number of hydrogen-bond donors (Lipinski definition) is 3. The maximum absolute atomic E-state index is 11.7. The molecule has 2 aliphatic carbocycles. The van der Waals surface area contributed by atoms with Gasteiger partial charge in [0.25, 0.3) is 5.91 Å². The van der Waals surface area contributed by atoms with Gasteiger partial charge in [-0.05, 0) is 58.3 Å². The Morgan fingerprint density at radius 3 is 2.64 bits per heavy atom. The summed E-state index contributed by atoms with van der Waals surface area (Å²) < 4.78 is 5.69. The first-order valence-corrected chi connectivity index (χ1v) is 9.38. The van der Waals surface area contributed by atoms with Crippen molar-refractivity contribution < 1.29 is 9.53 Å². The molecule has 7 nitrogen and oxygen atoms in total. The number of rotatable bonds is 8. The third-order valence-electron chi connectivity index (χ3n) is 5.16. The smallest absolute Gasteiger partial charge is 0.254 e. The number of amides is 1. The van der Waals surface area contributed by atoms with Crippen molar-refractivity contribution in [3.8, 4) is 0 Å². The van der Waals surface area contributed by atoms with Gasteiger partial charge in [0, 0.05) is 24.9 Å². The van der Waals surface area contributed by atoms with E-state index in [1.165, 1.54) is 19.0 Å². The molecule has 1 atom stereocenters. The van der Waals surface area contributed by atoms with Crippen LogP contribution in [0.4, 0.5) is 11.8 Å². The fourth-order valence-corrected chi connectivity index (χ4v) is 3.46. The third kappa shape index (κ3) is 4.81. The van der Waals surface area contributed by atoms with Crippen LogP contribution in [0.5, 0.6) is 0 Å². The highest BCUT2D eigenvalue weighted by Gasteiger charge is 2.29. The highest BCUT2D eigenvalue weighted by Crippen LogP contribution is 2.34. The molecule has 7 heteroatoms. The largest absolute Gasteiger partial charge is 0.379 e. The molecule has 0 aromatic carbocycles. The molecule has 4 N–H and O–H groups in total. The standard InChI is InChI=1S/C18H29N5O2/c1-3-25-14-8-6-13(7-9-14)22-18-20-10-15(16(19)24)17(23-18)21-11(2)12-4-5-12/h10-14H,3-9H2,1-2H3,(H2,19,24)(H2,20,21,22,23)/t11-,13?,14?/m1/s1. The van der Waals surface area contributed by atoms with Gasteiger partial charge in [-0.1, -0.05) is 0 Å². The zero-order chi connectivity index (χ0) is 17.8. The van der Waals surface area contributed by atoms with Gasteiger partial charge in [-0.3, -0.25) is 4.79 Å². The van der Waals surface area contributed by atoms with E-state index in [1.807, 2.05) is 6.92 Å². The van der Waals surface area contributed by atoms with Crippen LogP contribution in [0.15, 0.2) is 6.20 Å². The number of ether oxygens (including phenoxy) is 1. The Morgan fingerprint density at radius 2 is 2.04 bits per heavy atom. The van der Waals surface area contributed by atoms with Gasteiger partial charge in [0.15, 0.2) is 0 Å². The summed E-state index contributed by atoms with van der Waals surface area (Å²) in [7, 11) is 0. The van der Waals surface area contributed by atoms with Crippen LogP contribution in [0.2, 0.25) is 0 Å². The highest BCUT2D eigenvalue weighted by molar-refractivity contribution is 5.97. The molecule has 0 unspecified atom stereocenters. The van der Waals surface area contributed by atoms with E-state index in [9.17, 15) is 4.79 Å². The molecule has 138 valence electrons. The first-order chi connectivity index (χ1) is 12.1. The summed E-state index contributed by atoms with van der Waals surface area (Å²) in [6, 6.07) is 0.618. The predicted molar refractivity (Wildman–Crippen MR) is 97.7 cm³/mol. The number of hydrogen-bond acceptors (Lipinski definition) is 6. The molecule has 1 amide bonds.